The molecule has 103 valence electrons. The summed E-state index contributed by atoms with van der Waals surface area (Å²) in [6.07, 6.45) is 5.63. The summed E-state index contributed by atoms with van der Waals surface area (Å²) in [4.78, 5) is 0. The number of allylic oxidation sites excluding steroid dienone is 1. The molecule has 0 bridgehead atoms. The Kier molecular flexibility index (Phi) is 2.42. The van der Waals surface area contributed by atoms with E-state index < -0.39 is 0 Å². The van der Waals surface area contributed by atoms with Crippen LogP contribution in [0.15, 0.2) is 66.7 Å². The second kappa shape index (κ2) is 4.45. The minimum absolute atomic E-state index is 0.346. The van der Waals surface area contributed by atoms with E-state index in [1.807, 2.05) is 6.07 Å². The van der Waals surface area contributed by atoms with Crippen molar-refractivity contribution in [3.05, 3.63) is 101 Å². The SMILES string of the molecule is [c]1ccc2c(c1)-c1ccccc1C2c1cccc2c1C=CC2. The van der Waals surface area contributed by atoms with Gasteiger partial charge in [0.25, 0.3) is 0 Å². The first-order valence-electron chi connectivity index (χ1n) is 7.81. The van der Waals surface area contributed by atoms with Gasteiger partial charge < -0.3 is 0 Å². The fraction of sp³-hybridized carbons (Fsp3) is 0.0909. The maximum Gasteiger partial charge on any atom is 0.0358 e. The molecule has 0 heterocycles. The highest BCUT2D eigenvalue weighted by Gasteiger charge is 2.31. The zero-order valence-corrected chi connectivity index (χ0v) is 12.2. The summed E-state index contributed by atoms with van der Waals surface area (Å²) in [6.45, 7) is 0. The van der Waals surface area contributed by atoms with Gasteiger partial charge in [0.15, 0.2) is 0 Å². The van der Waals surface area contributed by atoms with E-state index >= 15 is 0 Å². The molecule has 2 aliphatic rings. The van der Waals surface area contributed by atoms with Crippen molar-refractivity contribution in [3.63, 3.8) is 0 Å². The second-order valence-electron chi connectivity index (χ2n) is 6.06. The average molecular weight is 279 g/mol. The number of rotatable bonds is 1. The molecule has 0 aromatic heterocycles. The van der Waals surface area contributed by atoms with Gasteiger partial charge in [-0.2, -0.15) is 0 Å². The minimum Gasteiger partial charge on any atom is -0.0795 e. The normalized spacial score (nSPS) is 14.7. The van der Waals surface area contributed by atoms with Crippen LogP contribution in [0.2, 0.25) is 0 Å². The lowest BCUT2D eigenvalue weighted by Gasteiger charge is -2.17. The summed E-state index contributed by atoms with van der Waals surface area (Å²) in [5, 5.41) is 0. The molecule has 3 aromatic rings. The van der Waals surface area contributed by atoms with E-state index in [1.54, 1.807) is 0 Å². The first-order chi connectivity index (χ1) is 10.9. The van der Waals surface area contributed by atoms with Gasteiger partial charge in [0.1, 0.15) is 0 Å². The summed E-state index contributed by atoms with van der Waals surface area (Å²) >= 11 is 0. The fourth-order valence-corrected chi connectivity index (χ4v) is 3.99. The van der Waals surface area contributed by atoms with Gasteiger partial charge >= 0.3 is 0 Å². The van der Waals surface area contributed by atoms with Crippen LogP contribution in [0.1, 0.15) is 33.7 Å². The predicted molar refractivity (Wildman–Crippen MR) is 90.8 cm³/mol. The number of benzene rings is 3. The van der Waals surface area contributed by atoms with Gasteiger partial charge in [0.2, 0.25) is 0 Å². The van der Waals surface area contributed by atoms with Crippen LogP contribution in [0, 0.1) is 6.07 Å². The maximum absolute atomic E-state index is 3.24. The molecule has 0 aliphatic heterocycles. The van der Waals surface area contributed by atoms with Crippen LogP contribution in [0.5, 0.6) is 0 Å². The third-order valence-electron chi connectivity index (χ3n) is 4.93. The minimum atomic E-state index is 0.346. The predicted octanol–water partition coefficient (Wildman–Crippen LogP) is 5.22. The zero-order chi connectivity index (χ0) is 14.5. The molecule has 2 aliphatic carbocycles. The van der Waals surface area contributed by atoms with Crippen molar-refractivity contribution < 1.29 is 0 Å². The quantitative estimate of drug-likeness (QED) is 0.448. The molecule has 0 saturated heterocycles. The molecule has 0 fully saturated rings. The smallest absolute Gasteiger partial charge is 0.0358 e. The highest BCUT2D eigenvalue weighted by atomic mass is 14.3. The van der Waals surface area contributed by atoms with Crippen LogP contribution in [0.4, 0.5) is 0 Å². The first kappa shape index (κ1) is 12.0. The van der Waals surface area contributed by atoms with Gasteiger partial charge in [-0.3, -0.25) is 0 Å². The van der Waals surface area contributed by atoms with Crippen LogP contribution in [-0.2, 0) is 6.42 Å². The zero-order valence-electron chi connectivity index (χ0n) is 12.2. The van der Waals surface area contributed by atoms with Crippen LogP contribution in [0.3, 0.4) is 0 Å². The van der Waals surface area contributed by atoms with E-state index in [-0.39, 0.29) is 0 Å². The molecule has 0 heteroatoms. The molecule has 22 heavy (non-hydrogen) atoms. The lowest BCUT2D eigenvalue weighted by Crippen LogP contribution is -2.02. The van der Waals surface area contributed by atoms with Crippen molar-refractivity contribution in [2.75, 3.05) is 0 Å². The highest BCUT2D eigenvalue weighted by molar-refractivity contribution is 5.82. The van der Waals surface area contributed by atoms with E-state index in [4.69, 9.17) is 0 Å². The summed E-state index contributed by atoms with van der Waals surface area (Å²) in [5.74, 6) is 0.346. The van der Waals surface area contributed by atoms with Crippen molar-refractivity contribution >= 4 is 6.08 Å². The largest absolute Gasteiger partial charge is 0.0795 e. The summed E-state index contributed by atoms with van der Waals surface area (Å²) in [6, 6.07) is 25.2. The molecule has 3 aromatic carbocycles. The van der Waals surface area contributed by atoms with Crippen molar-refractivity contribution in [1.29, 1.82) is 0 Å². The van der Waals surface area contributed by atoms with E-state index in [1.165, 1.54) is 38.9 Å². The molecule has 0 spiro atoms. The molecule has 0 N–H and O–H groups in total. The van der Waals surface area contributed by atoms with Gasteiger partial charge in [0, 0.05) is 5.92 Å². The Hall–Kier alpha value is -2.60. The van der Waals surface area contributed by atoms with Crippen molar-refractivity contribution in [2.24, 2.45) is 0 Å². The molecule has 0 saturated carbocycles. The van der Waals surface area contributed by atoms with Crippen molar-refractivity contribution in [1.82, 2.24) is 0 Å². The van der Waals surface area contributed by atoms with E-state index in [2.05, 4.69) is 72.8 Å². The van der Waals surface area contributed by atoms with Crippen molar-refractivity contribution in [3.8, 4) is 11.1 Å². The molecule has 1 atom stereocenters. The topological polar surface area (TPSA) is 0 Å². The first-order valence-corrected chi connectivity index (χ1v) is 7.81. The molecular weight excluding hydrogens is 264 g/mol. The Morgan fingerprint density at radius 2 is 1.68 bits per heavy atom. The Morgan fingerprint density at radius 1 is 0.818 bits per heavy atom. The Morgan fingerprint density at radius 3 is 2.68 bits per heavy atom. The van der Waals surface area contributed by atoms with Crippen LogP contribution in [-0.4, -0.2) is 0 Å². The average Bonchev–Trinajstić information content (AvgIpc) is 3.17. The van der Waals surface area contributed by atoms with E-state index in [0.29, 0.717) is 5.92 Å². The van der Waals surface area contributed by atoms with Gasteiger partial charge in [-0.05, 0) is 57.5 Å². The monoisotopic (exact) mass is 279 g/mol. The molecular formula is C22H15. The molecule has 0 amide bonds. The number of hydrogen-bond donors (Lipinski definition) is 0. The number of hydrogen-bond acceptors (Lipinski definition) is 0. The van der Waals surface area contributed by atoms with Gasteiger partial charge in [-0.1, -0.05) is 66.7 Å². The fourth-order valence-electron chi connectivity index (χ4n) is 3.99. The van der Waals surface area contributed by atoms with Crippen LogP contribution in [0.25, 0.3) is 17.2 Å². The van der Waals surface area contributed by atoms with E-state index in [0.717, 1.165) is 6.42 Å². The lowest BCUT2D eigenvalue weighted by atomic mass is 9.85. The Bertz CT molecular complexity index is 869. The van der Waals surface area contributed by atoms with Gasteiger partial charge in [-0.15, -0.1) is 0 Å². The molecule has 1 unspecified atom stereocenters. The molecule has 0 nitrogen and oxygen atoms in total. The van der Waals surface area contributed by atoms with E-state index in [9.17, 15) is 0 Å². The Balaban J connectivity index is 1.83. The number of fused-ring (bicyclic) bond motifs is 4. The standard InChI is InChI=1S/C22H15/c1-3-11-20-17(9-1)18-10-2-4-12-21(18)22(20)19-14-6-8-15-7-5-13-16(15)19/h1,3-6,8-14,22H,7H2. The summed E-state index contributed by atoms with van der Waals surface area (Å²) in [7, 11) is 0. The van der Waals surface area contributed by atoms with Crippen molar-refractivity contribution in [2.45, 2.75) is 12.3 Å². The second-order valence-corrected chi connectivity index (χ2v) is 6.06. The highest BCUT2D eigenvalue weighted by Crippen LogP contribution is 2.49. The maximum atomic E-state index is 3.24. The van der Waals surface area contributed by atoms with Gasteiger partial charge in [0.05, 0.1) is 0 Å². The molecule has 5 rings (SSSR count). The third-order valence-corrected chi connectivity index (χ3v) is 4.93. The van der Waals surface area contributed by atoms with Crippen LogP contribution >= 0.6 is 0 Å². The Labute approximate surface area is 130 Å². The summed E-state index contributed by atoms with van der Waals surface area (Å²) < 4.78 is 0. The van der Waals surface area contributed by atoms with Gasteiger partial charge in [-0.25, -0.2) is 0 Å². The molecule has 1 radical (unpaired) electrons. The lowest BCUT2D eigenvalue weighted by molar-refractivity contribution is 1.01. The summed E-state index contributed by atoms with van der Waals surface area (Å²) in [5.41, 5.74) is 9.83. The van der Waals surface area contributed by atoms with Crippen LogP contribution < -0.4 is 0 Å². The third kappa shape index (κ3) is 1.52.